The van der Waals surface area contributed by atoms with E-state index < -0.39 is 0 Å². The molecule has 0 atom stereocenters. The molecule has 0 saturated heterocycles. The van der Waals surface area contributed by atoms with Gasteiger partial charge in [-0.05, 0) is 222 Å². The highest BCUT2D eigenvalue weighted by Crippen LogP contribution is 2.64. The van der Waals surface area contributed by atoms with E-state index in [1.165, 1.54) is 195 Å². The minimum absolute atomic E-state index is 0.00523. The van der Waals surface area contributed by atoms with E-state index in [0.717, 1.165) is 35.5 Å². The molecule has 5 heteroatoms. The third-order valence-corrected chi connectivity index (χ3v) is 24.6. The van der Waals surface area contributed by atoms with Gasteiger partial charge in [0.05, 0.1) is 11.4 Å². The molecule has 2 nitrogen and oxygen atoms in total. The van der Waals surface area contributed by atoms with Crippen molar-refractivity contribution in [2.24, 2.45) is 35.5 Å². The van der Waals surface area contributed by atoms with Crippen LogP contribution in [0, 0.1) is 35.5 Å². The van der Waals surface area contributed by atoms with Crippen LogP contribution in [0.2, 0.25) is 0 Å². The molecule has 376 valence electrons. The van der Waals surface area contributed by atoms with E-state index in [9.17, 15) is 0 Å². The van der Waals surface area contributed by atoms with Gasteiger partial charge < -0.3 is 9.38 Å². The SMILES string of the molecule is CC(C)(C)c1ccc(N2c3cc4c(sc5ccccc54)c4c3B(c3sc5ccc6ccccc6c5c32)n2c3ccc(C56CC7CC(CC(C7)C5)C6)cc3c3cc(C56CC7CC(CC(C7)C5)C6)cc-4c32)c(-c2ccccc2)c1. The van der Waals surface area contributed by atoms with Crippen molar-refractivity contribution in [3.05, 3.63) is 162 Å². The van der Waals surface area contributed by atoms with Crippen LogP contribution in [0.1, 0.15) is 115 Å². The van der Waals surface area contributed by atoms with Crippen LogP contribution in [0.25, 0.3) is 85.1 Å². The van der Waals surface area contributed by atoms with Gasteiger partial charge in [0.2, 0.25) is 0 Å². The van der Waals surface area contributed by atoms with E-state index in [0.29, 0.717) is 5.41 Å². The lowest BCUT2D eigenvalue weighted by Gasteiger charge is -2.57. The zero-order valence-electron chi connectivity index (χ0n) is 44.6. The Balaban J connectivity index is 0.982. The van der Waals surface area contributed by atoms with Crippen molar-refractivity contribution in [2.75, 3.05) is 4.90 Å². The van der Waals surface area contributed by atoms with E-state index in [-0.39, 0.29) is 17.7 Å². The number of hydrogen-bond acceptors (Lipinski definition) is 3. The molecular formula is C72H63BN2S2. The van der Waals surface area contributed by atoms with Gasteiger partial charge in [-0.25, -0.2) is 0 Å². The van der Waals surface area contributed by atoms with Crippen molar-refractivity contribution >= 4 is 120 Å². The molecule has 2 aliphatic heterocycles. The fraction of sp³-hybridized carbons (Fsp3) is 0.333. The lowest BCUT2D eigenvalue weighted by atomic mass is 9.47. The first kappa shape index (κ1) is 43.8. The van der Waals surface area contributed by atoms with Gasteiger partial charge in [-0.3, -0.25) is 0 Å². The highest BCUT2D eigenvalue weighted by molar-refractivity contribution is 7.32. The van der Waals surface area contributed by atoms with Crippen molar-refractivity contribution in [3.8, 4) is 22.3 Å². The number of aromatic nitrogens is 1. The van der Waals surface area contributed by atoms with Crippen LogP contribution in [-0.2, 0) is 16.2 Å². The lowest BCUT2D eigenvalue weighted by Crippen LogP contribution is -2.55. The molecule has 0 N–H and O–H groups in total. The Bertz CT molecular complexity index is 4350. The molecule has 0 spiro atoms. The Hall–Kier alpha value is -6.14. The quantitative estimate of drug-likeness (QED) is 0.160. The van der Waals surface area contributed by atoms with Gasteiger partial charge >= 0.3 is 6.85 Å². The first-order valence-electron chi connectivity index (χ1n) is 29.7. The summed E-state index contributed by atoms with van der Waals surface area (Å²) >= 11 is 4.12. The monoisotopic (exact) mass is 1030 g/mol. The number of thiophene rings is 2. The van der Waals surface area contributed by atoms with Crippen molar-refractivity contribution in [3.63, 3.8) is 0 Å². The standard InChI is InChI=1S/C72H63BN2S2/c1-70(2,3)48-18-20-58(53(29-48)46-11-5-4-6-12-46)74-60-33-56-52-15-9-10-16-61(52)76-68(56)64-57-32-50(72-37-43-26-44(38-72)28-45(27-43)39-72)31-55-54-30-49(71-34-40-23-41(35-71)25-42(24-40)36-71)19-21-59(54)75(66(55)57)73(65(60)64)69-67(74)63-51-14-8-7-13-47(51)17-22-62(63)77-69/h4-22,29-33,40-45H,23-28,34-39H2,1-3H3. The van der Waals surface area contributed by atoms with Gasteiger partial charge in [0.15, 0.2) is 0 Å². The molecule has 8 saturated carbocycles. The predicted molar refractivity (Wildman–Crippen MR) is 330 cm³/mol. The highest BCUT2D eigenvalue weighted by Gasteiger charge is 2.54. The molecule has 3 aromatic heterocycles. The van der Waals surface area contributed by atoms with Crippen LogP contribution >= 0.6 is 22.7 Å². The number of anilines is 3. The van der Waals surface area contributed by atoms with Crippen LogP contribution in [0.15, 0.2) is 146 Å². The number of nitrogens with zero attached hydrogens (tertiary/aromatic N) is 2. The second kappa shape index (κ2) is 15.0. The average Bonchev–Trinajstić information content (AvgIpc) is 4.32. The Morgan fingerprint density at radius 2 is 1.16 bits per heavy atom. The summed E-state index contributed by atoms with van der Waals surface area (Å²) in [5.41, 5.74) is 19.1. The van der Waals surface area contributed by atoms with Gasteiger partial charge in [-0.1, -0.05) is 112 Å². The summed E-state index contributed by atoms with van der Waals surface area (Å²) in [5.74, 6) is 5.35. The maximum Gasteiger partial charge on any atom is 0.343 e. The van der Waals surface area contributed by atoms with Crippen LogP contribution in [0.5, 0.6) is 0 Å². The van der Waals surface area contributed by atoms with Crippen LogP contribution in [0.4, 0.5) is 17.1 Å². The maximum absolute atomic E-state index is 2.94. The Kier molecular flexibility index (Phi) is 8.50. The average molecular weight is 1030 g/mol. The summed E-state index contributed by atoms with van der Waals surface area (Å²) in [5, 5.41) is 9.83. The summed E-state index contributed by atoms with van der Waals surface area (Å²) in [7, 11) is 0. The normalized spacial score (nSPS) is 27.4. The van der Waals surface area contributed by atoms with Gasteiger partial charge in [0, 0.05) is 79.2 Å². The molecule has 0 unspecified atom stereocenters. The second-order valence-electron chi connectivity index (χ2n) is 27.6. The van der Waals surface area contributed by atoms with E-state index in [2.05, 4.69) is 198 Å². The molecule has 77 heavy (non-hydrogen) atoms. The number of rotatable bonds is 4. The number of benzene rings is 8. The lowest BCUT2D eigenvalue weighted by molar-refractivity contribution is -0.00527. The van der Waals surface area contributed by atoms with Gasteiger partial charge in [-0.15, -0.1) is 22.7 Å². The zero-order chi connectivity index (χ0) is 50.4. The molecule has 5 heterocycles. The number of hydrogen-bond donors (Lipinski definition) is 0. The summed E-state index contributed by atoms with van der Waals surface area (Å²) < 4.78 is 8.62. The maximum atomic E-state index is 2.94. The third-order valence-electron chi connectivity index (χ3n) is 22.2. The molecule has 8 fully saturated rings. The Labute approximate surface area is 460 Å². The largest absolute Gasteiger partial charge is 0.375 e. The summed E-state index contributed by atoms with van der Waals surface area (Å²) in [6.07, 6.45) is 17.1. The topological polar surface area (TPSA) is 8.17 Å². The first-order valence-corrected chi connectivity index (χ1v) is 31.3. The number of fused-ring (bicyclic) bond motifs is 15. The Morgan fingerprint density at radius 1 is 0.506 bits per heavy atom. The molecule has 8 aromatic carbocycles. The molecule has 0 amide bonds. The third kappa shape index (κ3) is 5.83. The summed E-state index contributed by atoms with van der Waals surface area (Å²) in [4.78, 5) is 2.80. The Morgan fingerprint density at radius 3 is 1.87 bits per heavy atom. The van der Waals surface area contributed by atoms with E-state index in [4.69, 9.17) is 0 Å². The fourth-order valence-corrected chi connectivity index (χ4v) is 22.4. The molecule has 11 aromatic rings. The van der Waals surface area contributed by atoms with E-state index in [1.807, 2.05) is 0 Å². The van der Waals surface area contributed by atoms with Gasteiger partial charge in [-0.2, -0.15) is 0 Å². The summed E-state index contributed by atoms with van der Waals surface area (Å²) in [6.45, 7) is 7.10. The fourth-order valence-electron chi connectivity index (χ4n) is 19.9. The van der Waals surface area contributed by atoms with Crippen LogP contribution in [-0.4, -0.2) is 11.3 Å². The van der Waals surface area contributed by atoms with E-state index in [1.54, 1.807) is 11.1 Å². The molecule has 8 aliphatic carbocycles. The van der Waals surface area contributed by atoms with Crippen molar-refractivity contribution < 1.29 is 0 Å². The zero-order valence-corrected chi connectivity index (χ0v) is 46.2. The molecule has 8 bridgehead atoms. The highest BCUT2D eigenvalue weighted by atomic mass is 32.1. The first-order chi connectivity index (χ1) is 37.6. The summed E-state index contributed by atoms with van der Waals surface area (Å²) in [6, 6.07) is 58.7. The van der Waals surface area contributed by atoms with Crippen molar-refractivity contribution in [2.45, 2.75) is 114 Å². The van der Waals surface area contributed by atoms with E-state index >= 15 is 0 Å². The predicted octanol–water partition coefficient (Wildman–Crippen LogP) is 18.8. The minimum Gasteiger partial charge on any atom is -0.375 e. The molecule has 0 radical (unpaired) electrons. The van der Waals surface area contributed by atoms with Crippen molar-refractivity contribution in [1.29, 1.82) is 0 Å². The van der Waals surface area contributed by atoms with Crippen LogP contribution < -0.4 is 15.1 Å². The van der Waals surface area contributed by atoms with Crippen molar-refractivity contribution in [1.82, 2.24) is 4.48 Å². The molecule has 21 rings (SSSR count). The van der Waals surface area contributed by atoms with Gasteiger partial charge in [0.1, 0.15) is 0 Å². The van der Waals surface area contributed by atoms with Crippen LogP contribution in [0.3, 0.4) is 0 Å². The molecule has 10 aliphatic rings. The molecular weight excluding hydrogens is 968 g/mol. The second-order valence-corrected chi connectivity index (χ2v) is 29.8. The van der Waals surface area contributed by atoms with Gasteiger partial charge in [0.25, 0.3) is 0 Å². The minimum atomic E-state index is -0.0202. The smallest absolute Gasteiger partial charge is 0.343 e.